The van der Waals surface area contributed by atoms with E-state index in [1.165, 1.54) is 6.07 Å². The van der Waals surface area contributed by atoms with Crippen LogP contribution in [0, 0.1) is 19.7 Å². The van der Waals surface area contributed by atoms with Crippen molar-refractivity contribution in [3.8, 4) is 0 Å². The van der Waals surface area contributed by atoms with Gasteiger partial charge in [-0.05, 0) is 59.1 Å². The minimum atomic E-state index is -0.310. The molecule has 0 spiro atoms. The van der Waals surface area contributed by atoms with E-state index in [0.29, 0.717) is 15.4 Å². The Morgan fingerprint density at radius 1 is 1.22 bits per heavy atom. The Bertz CT molecular complexity index is 604. The zero-order valence-corrected chi connectivity index (χ0v) is 12.1. The molecule has 3 nitrogen and oxygen atoms in total. The number of nitrogens with zero attached hydrogens (tertiary/aromatic N) is 2. The first kappa shape index (κ1) is 13.2. The standard InChI is InChI=1S/C12H10BrClFN3/c1-6-7(2)12(18-17-11(6)14)16-8-3-4-10(15)9(13)5-8/h3-5H,1-2H3,(H,16,18). The molecule has 0 saturated carbocycles. The van der Waals surface area contributed by atoms with E-state index in [9.17, 15) is 4.39 Å². The fraction of sp³-hybridized carbons (Fsp3) is 0.167. The van der Waals surface area contributed by atoms with Crippen molar-refractivity contribution in [2.24, 2.45) is 0 Å². The highest BCUT2D eigenvalue weighted by Crippen LogP contribution is 2.26. The average Bonchev–Trinajstić information content (AvgIpc) is 2.34. The van der Waals surface area contributed by atoms with E-state index >= 15 is 0 Å². The molecule has 2 aromatic rings. The predicted octanol–water partition coefficient (Wildman–Crippen LogP) is 4.39. The molecule has 1 heterocycles. The molecule has 0 atom stereocenters. The van der Waals surface area contributed by atoms with Crippen LogP contribution in [0.2, 0.25) is 5.15 Å². The minimum Gasteiger partial charge on any atom is -0.338 e. The van der Waals surface area contributed by atoms with Gasteiger partial charge in [0.2, 0.25) is 0 Å². The number of hydrogen-bond donors (Lipinski definition) is 1. The predicted molar refractivity (Wildman–Crippen MR) is 73.9 cm³/mol. The molecule has 0 amide bonds. The number of halogens is 3. The van der Waals surface area contributed by atoms with Crippen LogP contribution in [-0.2, 0) is 0 Å². The first-order valence-corrected chi connectivity index (χ1v) is 6.37. The van der Waals surface area contributed by atoms with Gasteiger partial charge in [-0.1, -0.05) is 11.6 Å². The molecule has 0 saturated heterocycles. The number of rotatable bonds is 2. The quantitative estimate of drug-likeness (QED) is 0.887. The average molecular weight is 331 g/mol. The highest BCUT2D eigenvalue weighted by atomic mass is 79.9. The van der Waals surface area contributed by atoms with Gasteiger partial charge in [0.1, 0.15) is 5.82 Å². The fourth-order valence-electron chi connectivity index (χ4n) is 1.41. The summed E-state index contributed by atoms with van der Waals surface area (Å²) in [6.07, 6.45) is 0. The molecule has 0 bridgehead atoms. The van der Waals surface area contributed by atoms with E-state index in [4.69, 9.17) is 11.6 Å². The number of anilines is 2. The lowest BCUT2D eigenvalue weighted by atomic mass is 10.2. The van der Waals surface area contributed by atoms with Crippen molar-refractivity contribution in [3.05, 3.63) is 44.8 Å². The number of aromatic nitrogens is 2. The third-order valence-electron chi connectivity index (χ3n) is 2.65. The van der Waals surface area contributed by atoms with Crippen LogP contribution >= 0.6 is 27.5 Å². The molecule has 0 aliphatic rings. The van der Waals surface area contributed by atoms with Gasteiger partial charge in [0, 0.05) is 5.69 Å². The van der Waals surface area contributed by atoms with Crippen molar-refractivity contribution >= 4 is 39.0 Å². The number of nitrogens with one attached hydrogen (secondary N) is 1. The van der Waals surface area contributed by atoms with Crippen molar-refractivity contribution in [1.82, 2.24) is 10.2 Å². The maximum Gasteiger partial charge on any atom is 0.156 e. The van der Waals surface area contributed by atoms with Gasteiger partial charge < -0.3 is 5.32 Å². The van der Waals surface area contributed by atoms with Gasteiger partial charge >= 0.3 is 0 Å². The summed E-state index contributed by atoms with van der Waals surface area (Å²) in [5.41, 5.74) is 2.51. The Labute approximate surface area is 118 Å². The lowest BCUT2D eigenvalue weighted by molar-refractivity contribution is 0.621. The molecule has 18 heavy (non-hydrogen) atoms. The number of benzene rings is 1. The first-order valence-electron chi connectivity index (χ1n) is 5.20. The van der Waals surface area contributed by atoms with Crippen LogP contribution in [-0.4, -0.2) is 10.2 Å². The van der Waals surface area contributed by atoms with Gasteiger partial charge in [0.05, 0.1) is 4.47 Å². The Hall–Kier alpha value is -1.20. The Balaban J connectivity index is 2.34. The normalized spacial score (nSPS) is 10.5. The van der Waals surface area contributed by atoms with Gasteiger partial charge in [-0.2, -0.15) is 0 Å². The third-order valence-corrected chi connectivity index (χ3v) is 3.61. The molecule has 0 radical (unpaired) electrons. The van der Waals surface area contributed by atoms with Crippen LogP contribution in [0.1, 0.15) is 11.1 Å². The monoisotopic (exact) mass is 329 g/mol. The summed E-state index contributed by atoms with van der Waals surface area (Å²) >= 11 is 9.01. The van der Waals surface area contributed by atoms with E-state index < -0.39 is 0 Å². The summed E-state index contributed by atoms with van der Waals surface area (Å²) in [4.78, 5) is 0. The highest BCUT2D eigenvalue weighted by Gasteiger charge is 2.09. The Morgan fingerprint density at radius 3 is 2.61 bits per heavy atom. The lowest BCUT2D eigenvalue weighted by Gasteiger charge is -2.10. The second-order valence-electron chi connectivity index (χ2n) is 3.84. The van der Waals surface area contributed by atoms with Gasteiger partial charge in [-0.15, -0.1) is 10.2 Å². The summed E-state index contributed by atoms with van der Waals surface area (Å²) < 4.78 is 13.5. The molecule has 0 aliphatic carbocycles. The van der Waals surface area contributed by atoms with Crippen LogP contribution < -0.4 is 5.32 Å². The van der Waals surface area contributed by atoms with Crippen molar-refractivity contribution < 1.29 is 4.39 Å². The molecule has 0 aliphatic heterocycles. The van der Waals surface area contributed by atoms with Crippen LogP contribution in [0.5, 0.6) is 0 Å². The van der Waals surface area contributed by atoms with Crippen molar-refractivity contribution in [3.63, 3.8) is 0 Å². The van der Waals surface area contributed by atoms with Crippen molar-refractivity contribution in [1.29, 1.82) is 0 Å². The molecule has 94 valence electrons. The van der Waals surface area contributed by atoms with Crippen LogP contribution in [0.25, 0.3) is 0 Å². The SMILES string of the molecule is Cc1c(Cl)nnc(Nc2ccc(F)c(Br)c2)c1C. The second-order valence-corrected chi connectivity index (χ2v) is 5.06. The molecule has 1 aromatic heterocycles. The van der Waals surface area contributed by atoms with Crippen molar-refractivity contribution in [2.45, 2.75) is 13.8 Å². The maximum absolute atomic E-state index is 13.1. The second kappa shape index (κ2) is 5.20. The molecule has 1 N–H and O–H groups in total. The Morgan fingerprint density at radius 2 is 1.94 bits per heavy atom. The summed E-state index contributed by atoms with van der Waals surface area (Å²) in [7, 11) is 0. The van der Waals surface area contributed by atoms with Gasteiger partial charge in [-0.3, -0.25) is 0 Å². The summed E-state index contributed by atoms with van der Waals surface area (Å²) in [5, 5.41) is 11.3. The van der Waals surface area contributed by atoms with Gasteiger partial charge in [-0.25, -0.2) is 4.39 Å². The molecule has 0 fully saturated rings. The smallest absolute Gasteiger partial charge is 0.156 e. The molecule has 0 unspecified atom stereocenters. The topological polar surface area (TPSA) is 37.8 Å². The van der Waals surface area contributed by atoms with E-state index in [2.05, 4.69) is 31.4 Å². The van der Waals surface area contributed by atoms with Crippen LogP contribution in [0.3, 0.4) is 0 Å². The third kappa shape index (κ3) is 2.62. The van der Waals surface area contributed by atoms with Gasteiger partial charge in [0.15, 0.2) is 11.0 Å². The van der Waals surface area contributed by atoms with E-state index in [0.717, 1.165) is 16.8 Å². The molecule has 6 heteroatoms. The summed E-state index contributed by atoms with van der Waals surface area (Å²) in [6, 6.07) is 4.64. The molecule has 2 rings (SSSR count). The highest BCUT2D eigenvalue weighted by molar-refractivity contribution is 9.10. The largest absolute Gasteiger partial charge is 0.338 e. The minimum absolute atomic E-state index is 0.310. The molecular weight excluding hydrogens is 321 g/mol. The zero-order chi connectivity index (χ0) is 13.3. The van der Waals surface area contributed by atoms with E-state index in [-0.39, 0.29) is 5.82 Å². The number of hydrogen-bond acceptors (Lipinski definition) is 3. The van der Waals surface area contributed by atoms with Crippen LogP contribution in [0.15, 0.2) is 22.7 Å². The summed E-state index contributed by atoms with van der Waals surface area (Å²) in [5.74, 6) is 0.297. The maximum atomic E-state index is 13.1. The Kier molecular flexibility index (Phi) is 3.82. The molecular formula is C12H10BrClFN3. The first-order chi connectivity index (χ1) is 8.49. The van der Waals surface area contributed by atoms with Crippen LogP contribution in [0.4, 0.5) is 15.9 Å². The van der Waals surface area contributed by atoms with E-state index in [1.54, 1.807) is 12.1 Å². The zero-order valence-electron chi connectivity index (χ0n) is 9.76. The molecule has 1 aromatic carbocycles. The van der Waals surface area contributed by atoms with Gasteiger partial charge in [0.25, 0.3) is 0 Å². The fourth-order valence-corrected chi connectivity index (χ4v) is 1.96. The van der Waals surface area contributed by atoms with Crippen molar-refractivity contribution in [2.75, 3.05) is 5.32 Å². The lowest BCUT2D eigenvalue weighted by Crippen LogP contribution is -2.01. The van der Waals surface area contributed by atoms with E-state index in [1.807, 2.05) is 13.8 Å². The summed E-state index contributed by atoms with van der Waals surface area (Å²) in [6.45, 7) is 3.77.